The van der Waals surface area contributed by atoms with Gasteiger partial charge in [0.15, 0.2) is 0 Å². The van der Waals surface area contributed by atoms with E-state index in [1.165, 1.54) is 7.11 Å². The average molecular weight is 505 g/mol. The van der Waals surface area contributed by atoms with Crippen LogP contribution in [-0.2, 0) is 22.6 Å². The van der Waals surface area contributed by atoms with E-state index in [1.54, 1.807) is 0 Å². The van der Waals surface area contributed by atoms with Crippen molar-refractivity contribution >= 4 is 39.2 Å². The molecule has 0 saturated heterocycles. The number of nitrogens with zero attached hydrogens (tertiary/aromatic N) is 1. The number of anilines is 1. The highest BCUT2D eigenvalue weighted by Crippen LogP contribution is 2.24. The van der Waals surface area contributed by atoms with Crippen molar-refractivity contribution in [2.75, 3.05) is 12.4 Å². The molecule has 0 unspecified atom stereocenters. The number of carbonyl (C=O) groups is 2. The second kappa shape index (κ2) is 11.6. The average Bonchev–Trinajstić information content (AvgIpc) is 2.96. The van der Waals surface area contributed by atoms with Crippen LogP contribution in [0.15, 0.2) is 97.1 Å². The van der Waals surface area contributed by atoms with Crippen molar-refractivity contribution in [2.24, 2.45) is 0 Å². The highest BCUT2D eigenvalue weighted by molar-refractivity contribution is 6.06. The first-order valence-corrected chi connectivity index (χ1v) is 12.6. The number of ether oxygens (including phenoxy) is 2. The first-order chi connectivity index (χ1) is 18.6. The minimum absolute atomic E-state index is 0.183. The molecule has 0 aliphatic rings. The van der Waals surface area contributed by atoms with E-state index in [2.05, 4.69) is 15.0 Å². The lowest BCUT2D eigenvalue weighted by Gasteiger charge is -2.10. The molecule has 38 heavy (non-hydrogen) atoms. The third kappa shape index (κ3) is 6.16. The summed E-state index contributed by atoms with van der Waals surface area (Å²) in [7, 11) is 1.40. The van der Waals surface area contributed by atoms with Crippen molar-refractivity contribution in [1.29, 1.82) is 0 Å². The number of pyridine rings is 1. The van der Waals surface area contributed by atoms with E-state index in [0.717, 1.165) is 45.8 Å². The number of hydrogen-bond donors (Lipinski definition) is 1. The number of methoxy groups -OCH3 is 1. The van der Waals surface area contributed by atoms with Crippen LogP contribution in [0.3, 0.4) is 0 Å². The summed E-state index contributed by atoms with van der Waals surface area (Å²) in [5.74, 6) is 0.328. The number of aromatic nitrogens is 1. The number of carbonyl (C=O) groups excluding carboxylic acids is 2. The molecule has 1 aromatic heterocycles. The van der Waals surface area contributed by atoms with Crippen LogP contribution in [0.4, 0.5) is 5.69 Å². The first kappa shape index (κ1) is 25.0. The SMILES string of the molecule is COC(=O)CCCc1ccc(NC(=O)c2ccc3ccc(OCc4ccc5ccccc5n4)cc3c2)cc1. The molecule has 6 nitrogen and oxygen atoms in total. The zero-order valence-corrected chi connectivity index (χ0v) is 21.1. The van der Waals surface area contributed by atoms with E-state index in [0.29, 0.717) is 30.0 Å². The van der Waals surface area contributed by atoms with E-state index in [1.807, 2.05) is 97.1 Å². The fourth-order valence-corrected chi connectivity index (χ4v) is 4.30. The summed E-state index contributed by atoms with van der Waals surface area (Å²) in [5, 5.41) is 5.99. The molecule has 0 aliphatic heterocycles. The summed E-state index contributed by atoms with van der Waals surface area (Å²) in [6.45, 7) is 0.356. The predicted molar refractivity (Wildman–Crippen MR) is 149 cm³/mol. The van der Waals surface area contributed by atoms with Crippen LogP contribution in [0.2, 0.25) is 0 Å². The standard InChI is InChI=1S/C32H28N2O4/c1-37-31(35)8-4-5-22-9-15-27(16-10-22)34-32(36)25-12-11-23-14-18-29(20-26(23)19-25)38-21-28-17-13-24-6-2-3-7-30(24)33-28/h2-3,6-7,9-20H,4-5,8,21H2,1H3,(H,34,36). The molecule has 0 atom stereocenters. The highest BCUT2D eigenvalue weighted by Gasteiger charge is 2.09. The first-order valence-electron chi connectivity index (χ1n) is 12.6. The van der Waals surface area contributed by atoms with E-state index in [-0.39, 0.29) is 11.9 Å². The summed E-state index contributed by atoms with van der Waals surface area (Å²) in [6, 6.07) is 31.2. The summed E-state index contributed by atoms with van der Waals surface area (Å²) >= 11 is 0. The van der Waals surface area contributed by atoms with Gasteiger partial charge in [-0.25, -0.2) is 4.98 Å². The maximum Gasteiger partial charge on any atom is 0.305 e. The number of aryl methyl sites for hydroxylation is 1. The lowest BCUT2D eigenvalue weighted by atomic mass is 10.1. The monoisotopic (exact) mass is 504 g/mol. The van der Waals surface area contributed by atoms with Gasteiger partial charge in [-0.2, -0.15) is 0 Å². The molecule has 0 fully saturated rings. The van der Waals surface area contributed by atoms with Gasteiger partial charge in [0.2, 0.25) is 0 Å². The molecule has 6 heteroatoms. The Morgan fingerprint density at radius 3 is 2.45 bits per heavy atom. The van der Waals surface area contributed by atoms with Crippen molar-refractivity contribution < 1.29 is 19.1 Å². The van der Waals surface area contributed by atoms with Gasteiger partial charge >= 0.3 is 5.97 Å². The Kier molecular flexibility index (Phi) is 7.59. The quantitative estimate of drug-likeness (QED) is 0.226. The second-order valence-electron chi connectivity index (χ2n) is 9.09. The molecule has 0 saturated carbocycles. The molecule has 0 aliphatic carbocycles. The zero-order valence-electron chi connectivity index (χ0n) is 21.1. The molecular weight excluding hydrogens is 476 g/mol. The van der Waals surface area contributed by atoms with Crippen LogP contribution in [0.5, 0.6) is 5.75 Å². The molecule has 0 bridgehead atoms. The molecule has 5 aromatic rings. The van der Waals surface area contributed by atoms with Gasteiger partial charge in [0.1, 0.15) is 12.4 Å². The van der Waals surface area contributed by atoms with Crippen LogP contribution in [-0.4, -0.2) is 24.0 Å². The largest absolute Gasteiger partial charge is 0.487 e. The van der Waals surface area contributed by atoms with Crippen LogP contribution in [0, 0.1) is 0 Å². The van der Waals surface area contributed by atoms with Crippen LogP contribution in [0.1, 0.15) is 34.5 Å². The normalized spacial score (nSPS) is 10.9. The second-order valence-corrected chi connectivity index (χ2v) is 9.09. The van der Waals surface area contributed by atoms with E-state index in [9.17, 15) is 9.59 Å². The summed E-state index contributed by atoms with van der Waals surface area (Å²) in [6.07, 6.45) is 1.89. The number of rotatable bonds is 9. The van der Waals surface area contributed by atoms with Crippen molar-refractivity contribution in [1.82, 2.24) is 4.98 Å². The molecule has 0 spiro atoms. The maximum absolute atomic E-state index is 12.9. The van der Waals surface area contributed by atoms with E-state index in [4.69, 9.17) is 4.74 Å². The van der Waals surface area contributed by atoms with E-state index < -0.39 is 0 Å². The van der Waals surface area contributed by atoms with Gasteiger partial charge in [0.25, 0.3) is 5.91 Å². The Hall–Kier alpha value is -4.71. The van der Waals surface area contributed by atoms with Crippen LogP contribution < -0.4 is 10.1 Å². The summed E-state index contributed by atoms with van der Waals surface area (Å²) in [5.41, 5.74) is 4.17. The van der Waals surface area contributed by atoms with Gasteiger partial charge in [-0.1, -0.05) is 48.5 Å². The Bertz CT molecular complexity index is 1600. The highest BCUT2D eigenvalue weighted by atomic mass is 16.5. The Morgan fingerprint density at radius 2 is 1.61 bits per heavy atom. The lowest BCUT2D eigenvalue weighted by molar-refractivity contribution is -0.140. The molecule has 5 rings (SSSR count). The topological polar surface area (TPSA) is 77.5 Å². The molecule has 190 valence electrons. The fraction of sp³-hybridized carbons (Fsp3) is 0.156. The number of amides is 1. The van der Waals surface area contributed by atoms with E-state index >= 15 is 0 Å². The molecule has 1 heterocycles. The summed E-state index contributed by atoms with van der Waals surface area (Å²) in [4.78, 5) is 28.9. The number of benzene rings is 4. The van der Waals surface area contributed by atoms with Gasteiger partial charge in [0.05, 0.1) is 18.3 Å². The Labute approximate surface area is 221 Å². The van der Waals surface area contributed by atoms with Crippen molar-refractivity contribution in [3.05, 3.63) is 114 Å². The maximum atomic E-state index is 12.9. The minimum atomic E-state index is -0.204. The van der Waals surface area contributed by atoms with Crippen LogP contribution >= 0.6 is 0 Å². The zero-order chi connectivity index (χ0) is 26.3. The number of hydrogen-bond acceptors (Lipinski definition) is 5. The minimum Gasteiger partial charge on any atom is -0.487 e. The van der Waals surface area contributed by atoms with Gasteiger partial charge in [0, 0.05) is 23.1 Å². The lowest BCUT2D eigenvalue weighted by Crippen LogP contribution is -2.11. The van der Waals surface area contributed by atoms with Gasteiger partial charge in [-0.05, 0) is 77.7 Å². The van der Waals surface area contributed by atoms with Gasteiger partial charge < -0.3 is 14.8 Å². The molecule has 0 radical (unpaired) electrons. The Balaban J connectivity index is 1.22. The van der Waals surface area contributed by atoms with Crippen LogP contribution in [0.25, 0.3) is 21.7 Å². The number of para-hydroxylation sites is 1. The summed E-state index contributed by atoms with van der Waals surface area (Å²) < 4.78 is 10.7. The number of nitrogens with one attached hydrogen (secondary N) is 1. The third-order valence-electron chi connectivity index (χ3n) is 6.40. The van der Waals surface area contributed by atoms with Gasteiger partial charge in [-0.15, -0.1) is 0 Å². The third-order valence-corrected chi connectivity index (χ3v) is 6.40. The molecule has 1 N–H and O–H groups in total. The Morgan fingerprint density at radius 1 is 0.816 bits per heavy atom. The molecular formula is C32H28N2O4. The number of fused-ring (bicyclic) bond motifs is 2. The fourth-order valence-electron chi connectivity index (χ4n) is 4.30. The molecule has 4 aromatic carbocycles. The van der Waals surface area contributed by atoms with Crippen molar-refractivity contribution in [3.8, 4) is 5.75 Å². The smallest absolute Gasteiger partial charge is 0.305 e. The predicted octanol–water partition coefficient (Wildman–Crippen LogP) is 6.72. The molecule has 1 amide bonds. The van der Waals surface area contributed by atoms with Gasteiger partial charge in [-0.3, -0.25) is 9.59 Å². The van der Waals surface area contributed by atoms with Crippen molar-refractivity contribution in [2.45, 2.75) is 25.9 Å². The van der Waals surface area contributed by atoms with Crippen molar-refractivity contribution in [3.63, 3.8) is 0 Å². The number of esters is 1.